The highest BCUT2D eigenvalue weighted by Crippen LogP contribution is 2.31. The lowest BCUT2D eigenvalue weighted by atomic mass is 10.2. The van der Waals surface area contributed by atoms with Crippen molar-refractivity contribution in [2.24, 2.45) is 0 Å². The first-order chi connectivity index (χ1) is 14.5. The number of aromatic nitrogens is 2. The molecule has 3 N–H and O–H groups in total. The molecule has 7 nitrogen and oxygen atoms in total. The molecular formula is C23H26N6O. The monoisotopic (exact) mass is 402 g/mol. The number of hydrogen-bond acceptors (Lipinski definition) is 5. The maximum absolute atomic E-state index is 10.6. The van der Waals surface area contributed by atoms with E-state index in [1.807, 2.05) is 37.3 Å². The van der Waals surface area contributed by atoms with Crippen LogP contribution in [-0.4, -0.2) is 65.6 Å². The maximum atomic E-state index is 10.6. The molecule has 0 bridgehead atoms. The first kappa shape index (κ1) is 18.7. The lowest BCUT2D eigenvalue weighted by molar-refractivity contribution is 0.313. The molecule has 2 aliphatic heterocycles. The second-order valence-corrected chi connectivity index (χ2v) is 8.17. The third kappa shape index (κ3) is 3.21. The summed E-state index contributed by atoms with van der Waals surface area (Å²) in [6.45, 7) is 6.43. The van der Waals surface area contributed by atoms with E-state index in [-0.39, 0.29) is 18.1 Å². The Morgan fingerprint density at radius 2 is 1.70 bits per heavy atom. The molecule has 0 unspecified atom stereocenters. The number of aliphatic hydroxyl groups is 1. The summed E-state index contributed by atoms with van der Waals surface area (Å²) in [5.74, 6) is 0.964. The van der Waals surface area contributed by atoms with Crippen LogP contribution in [0.3, 0.4) is 0 Å². The van der Waals surface area contributed by atoms with E-state index in [0.717, 1.165) is 48.5 Å². The number of nitrogens with one attached hydrogen (secondary N) is 2. The minimum absolute atomic E-state index is 0.166. The van der Waals surface area contributed by atoms with Crippen molar-refractivity contribution in [3.05, 3.63) is 59.6 Å². The quantitative estimate of drug-likeness (QED) is 0.626. The Hall–Kier alpha value is -3.32. The molecule has 1 aromatic heterocycles. The van der Waals surface area contributed by atoms with Gasteiger partial charge in [0.1, 0.15) is 17.4 Å². The van der Waals surface area contributed by atoms with E-state index in [0.29, 0.717) is 11.4 Å². The first-order valence-corrected chi connectivity index (χ1v) is 10.3. The van der Waals surface area contributed by atoms with Gasteiger partial charge in [-0.05, 0) is 44.3 Å². The number of likely N-dealkylation sites (N-methyl/N-ethyl adjacent to an activating group) is 1. The van der Waals surface area contributed by atoms with Crippen LogP contribution >= 0.6 is 0 Å². The van der Waals surface area contributed by atoms with Gasteiger partial charge in [0.25, 0.3) is 0 Å². The molecule has 0 amide bonds. The Morgan fingerprint density at radius 1 is 1.00 bits per heavy atom. The van der Waals surface area contributed by atoms with Gasteiger partial charge in [-0.2, -0.15) is 0 Å². The van der Waals surface area contributed by atoms with Crippen molar-refractivity contribution < 1.29 is 5.11 Å². The molecule has 5 rings (SSSR count). The number of hydrogen-bond donors (Lipinski definition) is 3. The van der Waals surface area contributed by atoms with Crippen molar-refractivity contribution in [3.8, 4) is 0 Å². The van der Waals surface area contributed by atoms with Crippen molar-refractivity contribution >= 4 is 33.8 Å². The summed E-state index contributed by atoms with van der Waals surface area (Å²) in [5.41, 5.74) is 5.45. The zero-order valence-electron chi connectivity index (χ0n) is 17.3. The number of rotatable bonds is 3. The summed E-state index contributed by atoms with van der Waals surface area (Å²) in [5, 5.41) is 19.3. The number of imidazole rings is 1. The molecule has 0 saturated carbocycles. The van der Waals surface area contributed by atoms with Crippen LogP contribution in [0.2, 0.25) is 0 Å². The third-order valence-corrected chi connectivity index (χ3v) is 6.02. The Bertz CT molecular complexity index is 1140. The average Bonchev–Trinajstić information content (AvgIpc) is 3.28. The highest BCUT2D eigenvalue weighted by molar-refractivity contribution is 6.30. The van der Waals surface area contributed by atoms with Crippen LogP contribution in [0.15, 0.2) is 48.2 Å². The van der Waals surface area contributed by atoms with Gasteiger partial charge in [0.2, 0.25) is 0 Å². The number of aliphatic hydroxyl groups excluding tert-OH is 1. The molecule has 2 aromatic carbocycles. The molecule has 0 radical (unpaired) electrons. The predicted octanol–water partition coefficient (Wildman–Crippen LogP) is 3.39. The zero-order chi connectivity index (χ0) is 20.8. The van der Waals surface area contributed by atoms with E-state index in [9.17, 15) is 5.11 Å². The second kappa shape index (κ2) is 7.18. The standard InChI is InChI=1S/C23H26N6O/c1-15-3-5-16(6-4-15)29-14-20(30)21(22(29)24)23-25-18-8-7-17(13-19(18)26-23)28-11-9-27(2)10-12-28/h3-8,13,24,30H,9-12,14H2,1-2H3,(H,25,26). The fourth-order valence-electron chi connectivity index (χ4n) is 4.15. The van der Waals surface area contributed by atoms with E-state index in [4.69, 9.17) is 5.41 Å². The number of benzene rings is 2. The molecular weight excluding hydrogens is 376 g/mol. The average molecular weight is 403 g/mol. The Kier molecular flexibility index (Phi) is 4.47. The summed E-state index contributed by atoms with van der Waals surface area (Å²) < 4.78 is 0. The topological polar surface area (TPSA) is 82.5 Å². The lowest BCUT2D eigenvalue weighted by Gasteiger charge is -2.34. The maximum Gasteiger partial charge on any atom is 0.145 e. The normalized spacial score (nSPS) is 18.1. The predicted molar refractivity (Wildman–Crippen MR) is 122 cm³/mol. The van der Waals surface area contributed by atoms with Gasteiger partial charge >= 0.3 is 0 Å². The summed E-state index contributed by atoms with van der Waals surface area (Å²) >= 11 is 0. The van der Waals surface area contributed by atoms with Gasteiger partial charge in [0.05, 0.1) is 23.2 Å². The number of H-pyrrole nitrogens is 1. The van der Waals surface area contributed by atoms with Crippen molar-refractivity contribution in [2.75, 3.05) is 49.6 Å². The van der Waals surface area contributed by atoms with E-state index < -0.39 is 0 Å². The molecule has 7 heteroatoms. The number of anilines is 2. The van der Waals surface area contributed by atoms with Gasteiger partial charge in [0.15, 0.2) is 0 Å². The molecule has 154 valence electrons. The first-order valence-electron chi connectivity index (χ1n) is 10.3. The van der Waals surface area contributed by atoms with Gasteiger partial charge in [-0.25, -0.2) is 4.98 Å². The smallest absolute Gasteiger partial charge is 0.145 e. The largest absolute Gasteiger partial charge is 0.509 e. The number of aromatic amines is 1. The molecule has 1 fully saturated rings. The summed E-state index contributed by atoms with van der Waals surface area (Å²) in [4.78, 5) is 14.5. The minimum Gasteiger partial charge on any atom is -0.509 e. The molecule has 1 saturated heterocycles. The van der Waals surface area contributed by atoms with Crippen LogP contribution in [0.25, 0.3) is 16.6 Å². The van der Waals surface area contributed by atoms with Crippen LogP contribution < -0.4 is 9.80 Å². The number of fused-ring (bicyclic) bond motifs is 1. The van der Waals surface area contributed by atoms with Crippen LogP contribution in [0.5, 0.6) is 0 Å². The second-order valence-electron chi connectivity index (χ2n) is 8.17. The van der Waals surface area contributed by atoms with Crippen LogP contribution in [0, 0.1) is 12.3 Å². The fraction of sp³-hybridized carbons (Fsp3) is 0.304. The van der Waals surface area contributed by atoms with E-state index in [1.54, 1.807) is 4.90 Å². The minimum atomic E-state index is 0.166. The van der Waals surface area contributed by atoms with Gasteiger partial charge in [0, 0.05) is 37.6 Å². The lowest BCUT2D eigenvalue weighted by Crippen LogP contribution is -2.44. The van der Waals surface area contributed by atoms with Gasteiger partial charge < -0.3 is 24.8 Å². The Labute approximate surface area is 175 Å². The van der Waals surface area contributed by atoms with Crippen molar-refractivity contribution in [1.29, 1.82) is 5.41 Å². The van der Waals surface area contributed by atoms with Crippen molar-refractivity contribution in [3.63, 3.8) is 0 Å². The van der Waals surface area contributed by atoms with E-state index in [2.05, 4.69) is 38.9 Å². The van der Waals surface area contributed by atoms with Crippen LogP contribution in [-0.2, 0) is 0 Å². The molecule has 0 aliphatic carbocycles. The summed E-state index contributed by atoms with van der Waals surface area (Å²) in [6, 6.07) is 14.2. The van der Waals surface area contributed by atoms with Crippen molar-refractivity contribution in [2.45, 2.75) is 6.92 Å². The number of amidine groups is 1. The Balaban J connectivity index is 1.43. The van der Waals surface area contributed by atoms with Gasteiger partial charge in [-0.15, -0.1) is 0 Å². The van der Waals surface area contributed by atoms with Gasteiger partial charge in [-0.1, -0.05) is 17.7 Å². The van der Waals surface area contributed by atoms with E-state index in [1.165, 1.54) is 5.69 Å². The molecule has 3 heterocycles. The highest BCUT2D eigenvalue weighted by atomic mass is 16.3. The third-order valence-electron chi connectivity index (χ3n) is 6.02. The van der Waals surface area contributed by atoms with Crippen LogP contribution in [0.1, 0.15) is 11.4 Å². The van der Waals surface area contributed by atoms with Crippen molar-refractivity contribution in [1.82, 2.24) is 14.9 Å². The molecule has 0 atom stereocenters. The number of aryl methyl sites for hydroxylation is 1. The zero-order valence-corrected chi connectivity index (χ0v) is 17.3. The highest BCUT2D eigenvalue weighted by Gasteiger charge is 2.31. The fourth-order valence-corrected chi connectivity index (χ4v) is 4.15. The summed E-state index contributed by atoms with van der Waals surface area (Å²) in [6.07, 6.45) is 0. The Morgan fingerprint density at radius 3 is 2.43 bits per heavy atom. The molecule has 0 spiro atoms. The SMILES string of the molecule is Cc1ccc(N2CC(O)=C(c3nc4ccc(N5CCN(C)CC5)cc4[nH]3)C2=N)cc1. The molecule has 3 aromatic rings. The molecule has 2 aliphatic rings. The van der Waals surface area contributed by atoms with Crippen LogP contribution in [0.4, 0.5) is 11.4 Å². The number of nitrogens with zero attached hydrogens (tertiary/aromatic N) is 4. The number of piperazine rings is 1. The molecule has 30 heavy (non-hydrogen) atoms. The summed E-state index contributed by atoms with van der Waals surface area (Å²) in [7, 11) is 2.15. The van der Waals surface area contributed by atoms with E-state index >= 15 is 0 Å². The van der Waals surface area contributed by atoms with Gasteiger partial charge in [-0.3, -0.25) is 5.41 Å².